The lowest BCUT2D eigenvalue weighted by atomic mass is 10.2. The van der Waals surface area contributed by atoms with Crippen molar-refractivity contribution in [1.82, 2.24) is 4.90 Å². The quantitative estimate of drug-likeness (QED) is 0.434. The molecule has 0 spiro atoms. The van der Waals surface area contributed by atoms with Crippen molar-refractivity contribution in [1.29, 1.82) is 0 Å². The molecule has 0 saturated heterocycles. The first-order chi connectivity index (χ1) is 10.2. The van der Waals surface area contributed by atoms with E-state index in [-0.39, 0.29) is 0 Å². The second-order valence-corrected chi connectivity index (χ2v) is 6.64. The first kappa shape index (κ1) is 18.4. The van der Waals surface area contributed by atoms with Gasteiger partial charge in [-0.05, 0) is 49.3 Å². The summed E-state index contributed by atoms with van der Waals surface area (Å²) in [6, 6.07) is 8.16. The van der Waals surface area contributed by atoms with Gasteiger partial charge in [-0.15, -0.1) is 0 Å². The largest absolute Gasteiger partial charge is 0.349 e. The summed E-state index contributed by atoms with van der Waals surface area (Å²) in [7, 11) is 0. The number of nitrogens with one attached hydrogen (secondary N) is 1. The van der Waals surface area contributed by atoms with Gasteiger partial charge < -0.3 is 10.2 Å². The highest BCUT2D eigenvalue weighted by Gasteiger charge is 2.09. The van der Waals surface area contributed by atoms with Crippen molar-refractivity contribution < 1.29 is 0 Å². The fraction of sp³-hybridized carbons (Fsp3) is 0.588. The second kappa shape index (κ2) is 11.0. The Morgan fingerprint density at radius 1 is 1.00 bits per heavy atom. The maximum absolute atomic E-state index is 5.59. The fourth-order valence-electron chi connectivity index (χ4n) is 2.16. The van der Waals surface area contributed by atoms with Gasteiger partial charge in [0.1, 0.15) is 0 Å². The van der Waals surface area contributed by atoms with E-state index < -0.39 is 0 Å². The second-order valence-electron chi connectivity index (χ2n) is 5.34. The molecule has 0 heterocycles. The van der Waals surface area contributed by atoms with Crippen LogP contribution in [0.5, 0.6) is 0 Å². The third-order valence-electron chi connectivity index (χ3n) is 3.45. The zero-order valence-electron chi connectivity index (χ0n) is 13.2. The van der Waals surface area contributed by atoms with Crippen molar-refractivity contribution in [2.45, 2.75) is 52.4 Å². The molecule has 1 aromatic rings. The highest BCUT2D eigenvalue weighted by Crippen LogP contribution is 2.15. The zero-order valence-corrected chi connectivity index (χ0v) is 15.6. The van der Waals surface area contributed by atoms with E-state index in [1.807, 2.05) is 24.3 Å². The van der Waals surface area contributed by atoms with Crippen LogP contribution in [0, 0.1) is 0 Å². The molecule has 0 aliphatic heterocycles. The Morgan fingerprint density at radius 2 is 1.52 bits per heavy atom. The van der Waals surface area contributed by atoms with Crippen LogP contribution in [0.25, 0.3) is 0 Å². The molecule has 0 unspecified atom stereocenters. The Balaban J connectivity index is 2.53. The zero-order chi connectivity index (χ0) is 15.5. The number of hydrogen-bond acceptors (Lipinski definition) is 1. The van der Waals surface area contributed by atoms with Crippen molar-refractivity contribution in [2.24, 2.45) is 0 Å². The number of anilines is 1. The van der Waals surface area contributed by atoms with Crippen molar-refractivity contribution in [2.75, 3.05) is 18.4 Å². The number of nitrogens with zero attached hydrogens (tertiary/aromatic N) is 1. The minimum Gasteiger partial charge on any atom is -0.349 e. The average Bonchev–Trinajstić information content (AvgIpc) is 2.48. The molecule has 0 aliphatic carbocycles. The molecule has 0 amide bonds. The van der Waals surface area contributed by atoms with Crippen LogP contribution in [0.1, 0.15) is 52.4 Å². The van der Waals surface area contributed by atoms with E-state index >= 15 is 0 Å². The van der Waals surface area contributed by atoms with E-state index in [0.717, 1.165) is 28.4 Å². The Bertz CT molecular complexity index is 396. The van der Waals surface area contributed by atoms with Gasteiger partial charge in [0.25, 0.3) is 0 Å². The highest BCUT2D eigenvalue weighted by molar-refractivity contribution is 9.10. The molecule has 0 atom stereocenters. The predicted molar refractivity (Wildman–Crippen MR) is 101 cm³/mol. The van der Waals surface area contributed by atoms with Crippen LogP contribution >= 0.6 is 28.1 Å². The summed E-state index contributed by atoms with van der Waals surface area (Å²) in [5.74, 6) is 0. The molecule has 1 N–H and O–H groups in total. The van der Waals surface area contributed by atoms with Gasteiger partial charge in [-0.2, -0.15) is 0 Å². The van der Waals surface area contributed by atoms with Crippen molar-refractivity contribution in [3.63, 3.8) is 0 Å². The van der Waals surface area contributed by atoms with Crippen LogP contribution in [-0.4, -0.2) is 23.1 Å². The number of rotatable bonds is 9. The Morgan fingerprint density at radius 3 is 2.00 bits per heavy atom. The van der Waals surface area contributed by atoms with Crippen LogP contribution in [0.15, 0.2) is 28.7 Å². The Kier molecular flexibility index (Phi) is 9.68. The summed E-state index contributed by atoms with van der Waals surface area (Å²) >= 11 is 9.05. The van der Waals surface area contributed by atoms with Crippen LogP contribution in [0.3, 0.4) is 0 Å². The van der Waals surface area contributed by atoms with E-state index in [0.29, 0.717) is 0 Å². The van der Waals surface area contributed by atoms with E-state index in [1.54, 1.807) is 0 Å². The minimum atomic E-state index is 0.851. The molecule has 1 aromatic carbocycles. The lowest BCUT2D eigenvalue weighted by molar-refractivity contribution is 0.395. The Hall–Kier alpha value is -0.610. The van der Waals surface area contributed by atoms with Crippen molar-refractivity contribution in [3.05, 3.63) is 28.7 Å². The average molecular weight is 371 g/mol. The summed E-state index contributed by atoms with van der Waals surface area (Å²) in [4.78, 5) is 2.32. The smallest absolute Gasteiger partial charge is 0.173 e. The molecule has 0 radical (unpaired) electrons. The summed E-state index contributed by atoms with van der Waals surface area (Å²) in [5.41, 5.74) is 1.05. The summed E-state index contributed by atoms with van der Waals surface area (Å²) < 4.78 is 1.08. The summed E-state index contributed by atoms with van der Waals surface area (Å²) in [6.45, 7) is 6.58. The van der Waals surface area contributed by atoms with Gasteiger partial charge in [0, 0.05) is 23.2 Å². The lowest BCUT2D eigenvalue weighted by Gasteiger charge is -2.26. The Labute approximate surface area is 143 Å². The lowest BCUT2D eigenvalue weighted by Crippen LogP contribution is -2.36. The minimum absolute atomic E-state index is 0.851. The molecule has 0 saturated carbocycles. The molecule has 0 aromatic heterocycles. The van der Waals surface area contributed by atoms with Gasteiger partial charge in [-0.25, -0.2) is 0 Å². The molecule has 0 aliphatic rings. The molecule has 0 bridgehead atoms. The SMILES string of the molecule is CCCCCN(CCCCC)C(=S)Nc1ccc(Br)cc1. The molecule has 118 valence electrons. The van der Waals surface area contributed by atoms with E-state index in [9.17, 15) is 0 Å². The molecule has 2 nitrogen and oxygen atoms in total. The predicted octanol–water partition coefficient (Wildman–Crippen LogP) is 5.83. The van der Waals surface area contributed by atoms with Gasteiger partial charge >= 0.3 is 0 Å². The summed E-state index contributed by atoms with van der Waals surface area (Å²) in [6.07, 6.45) is 7.46. The van der Waals surface area contributed by atoms with Crippen LogP contribution < -0.4 is 5.32 Å². The molecule has 4 heteroatoms. The molecule has 21 heavy (non-hydrogen) atoms. The van der Waals surface area contributed by atoms with Gasteiger partial charge in [0.05, 0.1) is 0 Å². The monoisotopic (exact) mass is 370 g/mol. The standard InChI is InChI=1S/C17H27BrN2S/c1-3-5-7-13-20(14-8-6-4-2)17(21)19-16-11-9-15(18)10-12-16/h9-12H,3-8,13-14H2,1-2H3,(H,19,21). The molecular formula is C17H27BrN2S. The number of halogens is 1. The van der Waals surface area contributed by atoms with Crippen LogP contribution in [0.4, 0.5) is 5.69 Å². The van der Waals surface area contributed by atoms with Gasteiger partial charge in [0.15, 0.2) is 5.11 Å². The van der Waals surface area contributed by atoms with E-state index in [1.165, 1.54) is 38.5 Å². The first-order valence-electron chi connectivity index (χ1n) is 7.98. The topological polar surface area (TPSA) is 15.3 Å². The normalized spacial score (nSPS) is 10.4. The first-order valence-corrected chi connectivity index (χ1v) is 9.19. The fourth-order valence-corrected chi connectivity index (χ4v) is 2.72. The molecule has 1 rings (SSSR count). The van der Waals surface area contributed by atoms with Crippen molar-refractivity contribution >= 4 is 38.9 Å². The van der Waals surface area contributed by atoms with Crippen LogP contribution in [-0.2, 0) is 0 Å². The maximum atomic E-state index is 5.59. The summed E-state index contributed by atoms with van der Waals surface area (Å²) in [5, 5.41) is 4.21. The third-order valence-corrected chi connectivity index (χ3v) is 4.33. The maximum Gasteiger partial charge on any atom is 0.173 e. The van der Waals surface area contributed by atoms with Crippen LogP contribution in [0.2, 0.25) is 0 Å². The number of unbranched alkanes of at least 4 members (excludes halogenated alkanes) is 4. The molecule has 0 fully saturated rings. The van der Waals surface area contributed by atoms with Gasteiger partial charge in [-0.3, -0.25) is 0 Å². The van der Waals surface area contributed by atoms with E-state index in [2.05, 4.69) is 40.0 Å². The van der Waals surface area contributed by atoms with Gasteiger partial charge in [0.2, 0.25) is 0 Å². The molecular weight excluding hydrogens is 344 g/mol. The highest BCUT2D eigenvalue weighted by atomic mass is 79.9. The van der Waals surface area contributed by atoms with Crippen molar-refractivity contribution in [3.8, 4) is 0 Å². The van der Waals surface area contributed by atoms with E-state index in [4.69, 9.17) is 12.2 Å². The number of benzene rings is 1. The number of thiocarbonyl (C=S) groups is 1. The van der Waals surface area contributed by atoms with Gasteiger partial charge in [-0.1, -0.05) is 55.5 Å². The number of hydrogen-bond donors (Lipinski definition) is 1. The third kappa shape index (κ3) is 7.82.